The maximum atomic E-state index is 12.2. The number of aryl methyl sites for hydroxylation is 1. The minimum absolute atomic E-state index is 0.311. The number of benzene rings is 2. The molecule has 146 valence electrons. The lowest BCUT2D eigenvalue weighted by atomic mass is 10.1. The maximum Gasteiger partial charge on any atom is 0.268 e. The molecule has 2 aromatic rings. The molecule has 2 atom stereocenters. The number of hydrogen-bond acceptors (Lipinski definition) is 4. The molecular weight excluding hydrogens is 356 g/mol. The zero-order chi connectivity index (χ0) is 20.5. The average molecular weight is 380 g/mol. The van der Waals surface area contributed by atoms with E-state index in [2.05, 4.69) is 36.2 Å². The van der Waals surface area contributed by atoms with Crippen molar-refractivity contribution in [3.8, 4) is 11.8 Å². The molecule has 0 aromatic heterocycles. The monoisotopic (exact) mass is 380 g/mol. The van der Waals surface area contributed by atoms with Gasteiger partial charge in [0.05, 0.1) is 6.10 Å². The van der Waals surface area contributed by atoms with Crippen LogP contribution in [0.2, 0.25) is 0 Å². The van der Waals surface area contributed by atoms with Crippen LogP contribution in [-0.2, 0) is 11.2 Å². The molecule has 2 aromatic carbocycles. The van der Waals surface area contributed by atoms with Crippen molar-refractivity contribution in [2.75, 3.05) is 0 Å². The molecule has 2 rings (SSSR count). The van der Waals surface area contributed by atoms with E-state index in [4.69, 9.17) is 5.21 Å². The van der Waals surface area contributed by atoms with E-state index >= 15 is 0 Å². The van der Waals surface area contributed by atoms with Gasteiger partial charge in [0.15, 0.2) is 0 Å². The van der Waals surface area contributed by atoms with Crippen LogP contribution in [0.5, 0.6) is 0 Å². The van der Waals surface area contributed by atoms with Gasteiger partial charge in [-0.2, -0.15) is 0 Å². The highest BCUT2D eigenvalue weighted by molar-refractivity contribution is 5.97. The van der Waals surface area contributed by atoms with Crippen molar-refractivity contribution in [1.29, 1.82) is 0 Å². The van der Waals surface area contributed by atoms with E-state index < -0.39 is 24.0 Å². The second-order valence-corrected chi connectivity index (χ2v) is 6.44. The number of carbonyl (C=O) groups excluding carboxylic acids is 2. The van der Waals surface area contributed by atoms with E-state index in [9.17, 15) is 14.7 Å². The number of nitrogens with one attached hydrogen (secondary N) is 2. The summed E-state index contributed by atoms with van der Waals surface area (Å²) in [5, 5.41) is 20.6. The molecule has 0 aliphatic rings. The van der Waals surface area contributed by atoms with Crippen LogP contribution < -0.4 is 10.8 Å². The number of aliphatic hydroxyl groups is 1. The molecule has 0 saturated heterocycles. The quantitative estimate of drug-likeness (QED) is 0.350. The molecule has 28 heavy (non-hydrogen) atoms. The lowest BCUT2D eigenvalue weighted by molar-refractivity contribution is -0.133. The van der Waals surface area contributed by atoms with Gasteiger partial charge >= 0.3 is 0 Å². The molecule has 6 heteroatoms. The van der Waals surface area contributed by atoms with Gasteiger partial charge < -0.3 is 10.4 Å². The molecule has 0 spiro atoms. The van der Waals surface area contributed by atoms with Crippen molar-refractivity contribution in [2.45, 2.75) is 38.8 Å². The number of rotatable bonds is 6. The largest absolute Gasteiger partial charge is 0.391 e. The van der Waals surface area contributed by atoms with E-state index in [0.29, 0.717) is 5.56 Å². The third-order valence-corrected chi connectivity index (χ3v) is 4.15. The molecular formula is C22H24N2O4. The lowest BCUT2D eigenvalue weighted by Crippen LogP contribution is -2.51. The predicted octanol–water partition coefficient (Wildman–Crippen LogP) is 2.02. The van der Waals surface area contributed by atoms with Crippen molar-refractivity contribution < 1.29 is 19.9 Å². The maximum absolute atomic E-state index is 12.2. The van der Waals surface area contributed by atoms with Gasteiger partial charge in [0.1, 0.15) is 6.04 Å². The van der Waals surface area contributed by atoms with Gasteiger partial charge in [-0.1, -0.05) is 37.3 Å². The zero-order valence-corrected chi connectivity index (χ0v) is 15.9. The SMILES string of the molecule is CCCc1ccc(C#Cc2ccc(C(=O)N[C@H](C(=O)NO)[C@@H](C)O)cc2)cc1. The average Bonchev–Trinajstić information content (AvgIpc) is 2.71. The fraction of sp³-hybridized carbons (Fsp3) is 0.273. The Morgan fingerprint density at radius 1 is 1.00 bits per heavy atom. The third-order valence-electron chi connectivity index (χ3n) is 4.15. The first-order valence-electron chi connectivity index (χ1n) is 9.08. The molecule has 0 heterocycles. The number of hydrogen-bond donors (Lipinski definition) is 4. The van der Waals surface area contributed by atoms with Crippen LogP contribution in [0.3, 0.4) is 0 Å². The van der Waals surface area contributed by atoms with Crippen LogP contribution in [-0.4, -0.2) is 34.3 Å². The van der Waals surface area contributed by atoms with Gasteiger partial charge in [0, 0.05) is 16.7 Å². The van der Waals surface area contributed by atoms with Gasteiger partial charge in [-0.3, -0.25) is 14.8 Å². The van der Waals surface area contributed by atoms with Gasteiger partial charge in [-0.05, 0) is 55.3 Å². The predicted molar refractivity (Wildman–Crippen MR) is 106 cm³/mol. The Labute approximate surface area is 164 Å². The first kappa shape index (κ1) is 21.2. The first-order valence-corrected chi connectivity index (χ1v) is 9.08. The number of aliphatic hydroxyl groups excluding tert-OH is 1. The summed E-state index contributed by atoms with van der Waals surface area (Å²) < 4.78 is 0. The molecule has 0 saturated carbocycles. The molecule has 0 aliphatic heterocycles. The van der Waals surface area contributed by atoms with Crippen LogP contribution in [0, 0.1) is 11.8 Å². The van der Waals surface area contributed by atoms with Crippen molar-refractivity contribution in [3.05, 3.63) is 70.8 Å². The number of carbonyl (C=O) groups is 2. The Bertz CT molecular complexity index is 862. The normalized spacial score (nSPS) is 12.3. The number of amides is 2. The number of hydroxylamine groups is 1. The minimum atomic E-state index is -1.26. The molecule has 0 radical (unpaired) electrons. The first-order chi connectivity index (χ1) is 13.4. The van der Waals surface area contributed by atoms with E-state index in [-0.39, 0.29) is 0 Å². The van der Waals surface area contributed by atoms with Crippen LogP contribution in [0.1, 0.15) is 47.3 Å². The smallest absolute Gasteiger partial charge is 0.268 e. The fourth-order valence-corrected chi connectivity index (χ4v) is 2.59. The van der Waals surface area contributed by atoms with Crippen LogP contribution in [0.15, 0.2) is 48.5 Å². The minimum Gasteiger partial charge on any atom is -0.391 e. The zero-order valence-electron chi connectivity index (χ0n) is 15.9. The molecule has 0 bridgehead atoms. The molecule has 6 nitrogen and oxygen atoms in total. The highest BCUT2D eigenvalue weighted by Crippen LogP contribution is 2.08. The van der Waals surface area contributed by atoms with E-state index in [0.717, 1.165) is 24.0 Å². The summed E-state index contributed by atoms with van der Waals surface area (Å²) in [4.78, 5) is 23.7. The third kappa shape index (κ3) is 5.95. The van der Waals surface area contributed by atoms with Gasteiger partial charge in [0.25, 0.3) is 11.8 Å². The Morgan fingerprint density at radius 3 is 2.00 bits per heavy atom. The highest BCUT2D eigenvalue weighted by atomic mass is 16.5. The Balaban J connectivity index is 2.05. The summed E-state index contributed by atoms with van der Waals surface area (Å²) >= 11 is 0. The van der Waals surface area contributed by atoms with Gasteiger partial charge in [-0.25, -0.2) is 5.48 Å². The van der Waals surface area contributed by atoms with Crippen molar-refractivity contribution >= 4 is 11.8 Å². The second-order valence-electron chi connectivity index (χ2n) is 6.44. The van der Waals surface area contributed by atoms with E-state index in [1.807, 2.05) is 12.1 Å². The van der Waals surface area contributed by atoms with E-state index in [1.54, 1.807) is 24.3 Å². The molecule has 4 N–H and O–H groups in total. The Hall–Kier alpha value is -3.14. The highest BCUT2D eigenvalue weighted by Gasteiger charge is 2.25. The Kier molecular flexibility index (Phi) is 7.76. The molecule has 0 fully saturated rings. The summed E-state index contributed by atoms with van der Waals surface area (Å²) in [6, 6.07) is 13.4. The summed E-state index contributed by atoms with van der Waals surface area (Å²) in [7, 11) is 0. The van der Waals surface area contributed by atoms with Crippen molar-refractivity contribution in [1.82, 2.24) is 10.8 Å². The van der Waals surface area contributed by atoms with E-state index in [1.165, 1.54) is 18.0 Å². The van der Waals surface area contributed by atoms with Gasteiger partial charge in [-0.15, -0.1) is 0 Å². The van der Waals surface area contributed by atoms with Crippen molar-refractivity contribution in [2.24, 2.45) is 0 Å². The van der Waals surface area contributed by atoms with Crippen molar-refractivity contribution in [3.63, 3.8) is 0 Å². The summed E-state index contributed by atoms with van der Waals surface area (Å²) in [5.41, 5.74) is 4.68. The van der Waals surface area contributed by atoms with Crippen LogP contribution in [0.25, 0.3) is 0 Å². The second kappa shape index (κ2) is 10.3. The summed E-state index contributed by atoms with van der Waals surface area (Å²) in [6.07, 6.45) is 0.991. The summed E-state index contributed by atoms with van der Waals surface area (Å²) in [6.45, 7) is 3.48. The molecule has 0 unspecified atom stereocenters. The standard InChI is InChI=1S/C22H24N2O4/c1-3-4-16-5-7-17(8-6-16)9-10-18-11-13-19(14-12-18)21(26)23-20(15(2)25)22(27)24-28/h5-8,11-15,20,25,28H,3-4H2,1-2H3,(H,23,26)(H,24,27)/t15-,20+/m1/s1. The fourth-order valence-electron chi connectivity index (χ4n) is 2.59. The summed E-state index contributed by atoms with van der Waals surface area (Å²) in [5.74, 6) is 4.70. The van der Waals surface area contributed by atoms with Crippen LogP contribution in [0.4, 0.5) is 0 Å². The van der Waals surface area contributed by atoms with Gasteiger partial charge in [0.2, 0.25) is 0 Å². The Morgan fingerprint density at radius 2 is 1.54 bits per heavy atom. The molecule has 2 amide bonds. The van der Waals surface area contributed by atoms with Crippen LogP contribution >= 0.6 is 0 Å². The lowest BCUT2D eigenvalue weighted by Gasteiger charge is -2.19. The molecule has 0 aliphatic carbocycles. The topological polar surface area (TPSA) is 98.7 Å².